The summed E-state index contributed by atoms with van der Waals surface area (Å²) in [5.41, 5.74) is 1.28. The van der Waals surface area contributed by atoms with Crippen molar-refractivity contribution in [3.8, 4) is 0 Å². The summed E-state index contributed by atoms with van der Waals surface area (Å²) in [5, 5.41) is 6.34. The summed E-state index contributed by atoms with van der Waals surface area (Å²) in [6.45, 7) is 2.83. The molecule has 1 aromatic carbocycles. The number of hydrogen-bond donors (Lipinski definition) is 1. The maximum absolute atomic E-state index is 4.52. The lowest BCUT2D eigenvalue weighted by Crippen LogP contribution is -2.12. The van der Waals surface area contributed by atoms with Crippen LogP contribution in [0.3, 0.4) is 0 Å². The molecule has 1 aliphatic rings. The zero-order valence-electron chi connectivity index (χ0n) is 11.9. The van der Waals surface area contributed by atoms with E-state index >= 15 is 0 Å². The number of benzene rings is 1. The van der Waals surface area contributed by atoms with Crippen LogP contribution in [0.5, 0.6) is 0 Å². The molecule has 1 N–H and O–H groups in total. The van der Waals surface area contributed by atoms with E-state index in [1.54, 1.807) is 29.7 Å². The SMILES string of the molecule is CC1=CSC(Nc2ncc(Br)cc2Sc2ccccc2)=NC1. The summed E-state index contributed by atoms with van der Waals surface area (Å²) in [7, 11) is 0. The van der Waals surface area contributed by atoms with E-state index in [1.807, 2.05) is 18.2 Å². The van der Waals surface area contributed by atoms with Crippen LogP contribution in [-0.2, 0) is 0 Å². The Hall–Kier alpha value is -1.24. The van der Waals surface area contributed by atoms with Crippen molar-refractivity contribution in [2.45, 2.75) is 16.7 Å². The average molecular weight is 392 g/mol. The van der Waals surface area contributed by atoms with Gasteiger partial charge in [0.2, 0.25) is 0 Å². The fraction of sp³-hybridized carbons (Fsp3) is 0.125. The van der Waals surface area contributed by atoms with Gasteiger partial charge in [-0.2, -0.15) is 0 Å². The normalized spacial score (nSPS) is 14.3. The molecule has 3 nitrogen and oxygen atoms in total. The molecule has 0 bridgehead atoms. The van der Waals surface area contributed by atoms with Gasteiger partial charge in [0, 0.05) is 15.6 Å². The van der Waals surface area contributed by atoms with E-state index in [4.69, 9.17) is 0 Å². The van der Waals surface area contributed by atoms with Crippen LogP contribution in [0.2, 0.25) is 0 Å². The van der Waals surface area contributed by atoms with Crippen molar-refractivity contribution in [1.82, 2.24) is 4.98 Å². The first-order chi connectivity index (χ1) is 10.7. The van der Waals surface area contributed by atoms with Crippen molar-refractivity contribution in [3.63, 3.8) is 0 Å². The average Bonchev–Trinajstić information content (AvgIpc) is 2.53. The van der Waals surface area contributed by atoms with E-state index in [1.165, 1.54) is 10.5 Å². The van der Waals surface area contributed by atoms with Gasteiger partial charge in [-0.15, -0.1) is 0 Å². The molecule has 0 saturated heterocycles. The predicted molar refractivity (Wildman–Crippen MR) is 99.8 cm³/mol. The number of aromatic nitrogens is 1. The molecule has 2 heterocycles. The Labute approximate surface area is 146 Å². The van der Waals surface area contributed by atoms with E-state index in [2.05, 4.69) is 61.8 Å². The summed E-state index contributed by atoms with van der Waals surface area (Å²) < 4.78 is 0.963. The maximum Gasteiger partial charge on any atom is 0.166 e. The maximum atomic E-state index is 4.52. The Balaban J connectivity index is 1.82. The van der Waals surface area contributed by atoms with E-state index in [0.29, 0.717) is 0 Å². The summed E-state index contributed by atoms with van der Waals surface area (Å²) >= 11 is 6.78. The summed E-state index contributed by atoms with van der Waals surface area (Å²) in [5.74, 6) is 0.830. The highest BCUT2D eigenvalue weighted by atomic mass is 79.9. The molecule has 6 heteroatoms. The van der Waals surface area contributed by atoms with Crippen LogP contribution in [0.4, 0.5) is 5.82 Å². The fourth-order valence-electron chi connectivity index (χ4n) is 1.81. The molecule has 22 heavy (non-hydrogen) atoms. The minimum atomic E-state index is 0.743. The molecular formula is C16H14BrN3S2. The molecule has 0 radical (unpaired) electrons. The Bertz CT molecular complexity index is 729. The highest BCUT2D eigenvalue weighted by Crippen LogP contribution is 2.34. The monoisotopic (exact) mass is 391 g/mol. The smallest absolute Gasteiger partial charge is 0.166 e. The Morgan fingerprint density at radius 3 is 2.82 bits per heavy atom. The number of rotatable bonds is 3. The van der Waals surface area contributed by atoms with E-state index in [-0.39, 0.29) is 0 Å². The Kier molecular flexibility index (Phi) is 5.23. The molecule has 1 aliphatic heterocycles. The number of hydrogen-bond acceptors (Lipinski definition) is 5. The number of amidine groups is 1. The second-order valence-corrected chi connectivity index (χ2v) is 7.63. The first kappa shape index (κ1) is 15.6. The zero-order chi connectivity index (χ0) is 15.4. The predicted octanol–water partition coefficient (Wildman–Crippen LogP) is 5.41. The van der Waals surface area contributed by atoms with Gasteiger partial charge in [-0.3, -0.25) is 4.99 Å². The third-order valence-corrected chi connectivity index (χ3v) is 5.31. The summed E-state index contributed by atoms with van der Waals surface area (Å²) in [6.07, 6.45) is 1.80. The first-order valence-corrected chi connectivity index (χ1v) is 9.22. The largest absolute Gasteiger partial charge is 0.318 e. The Morgan fingerprint density at radius 2 is 2.09 bits per heavy atom. The lowest BCUT2D eigenvalue weighted by atomic mass is 10.4. The molecule has 0 spiro atoms. The zero-order valence-corrected chi connectivity index (χ0v) is 15.1. The van der Waals surface area contributed by atoms with Crippen LogP contribution < -0.4 is 5.32 Å². The van der Waals surface area contributed by atoms with Gasteiger partial charge in [-0.1, -0.05) is 41.7 Å². The lowest BCUT2D eigenvalue weighted by molar-refractivity contribution is 1.13. The molecule has 2 aromatic rings. The topological polar surface area (TPSA) is 37.3 Å². The van der Waals surface area contributed by atoms with Crippen LogP contribution in [0.25, 0.3) is 0 Å². The second kappa shape index (κ2) is 7.35. The molecular weight excluding hydrogens is 378 g/mol. The van der Waals surface area contributed by atoms with Gasteiger partial charge >= 0.3 is 0 Å². The summed E-state index contributed by atoms with van der Waals surface area (Å²) in [4.78, 5) is 11.3. The number of anilines is 1. The first-order valence-electron chi connectivity index (χ1n) is 6.73. The van der Waals surface area contributed by atoms with Crippen molar-refractivity contribution in [1.29, 1.82) is 0 Å². The van der Waals surface area contributed by atoms with Crippen LogP contribution in [0.1, 0.15) is 6.92 Å². The van der Waals surface area contributed by atoms with Gasteiger partial charge in [-0.05, 0) is 52.0 Å². The minimum Gasteiger partial charge on any atom is -0.318 e. The van der Waals surface area contributed by atoms with Crippen molar-refractivity contribution in [2.24, 2.45) is 4.99 Å². The van der Waals surface area contributed by atoms with Crippen molar-refractivity contribution in [2.75, 3.05) is 11.9 Å². The second-order valence-electron chi connectivity index (χ2n) is 4.74. The van der Waals surface area contributed by atoms with Crippen LogP contribution in [0.15, 0.2) is 72.8 Å². The van der Waals surface area contributed by atoms with Gasteiger partial charge < -0.3 is 5.32 Å². The summed E-state index contributed by atoms with van der Waals surface area (Å²) in [6, 6.07) is 12.3. The number of nitrogens with zero attached hydrogens (tertiary/aromatic N) is 2. The van der Waals surface area contributed by atoms with E-state index in [0.717, 1.165) is 26.9 Å². The third-order valence-electron chi connectivity index (χ3n) is 2.86. The number of nitrogens with one attached hydrogen (secondary N) is 1. The van der Waals surface area contributed by atoms with Gasteiger partial charge in [0.05, 0.1) is 11.4 Å². The molecule has 0 amide bonds. The highest BCUT2D eigenvalue weighted by molar-refractivity contribution is 9.10. The molecule has 0 unspecified atom stereocenters. The van der Waals surface area contributed by atoms with Crippen molar-refractivity contribution in [3.05, 3.63) is 58.0 Å². The quantitative estimate of drug-likeness (QED) is 0.758. The Morgan fingerprint density at radius 1 is 1.27 bits per heavy atom. The molecule has 112 valence electrons. The molecule has 0 saturated carbocycles. The minimum absolute atomic E-state index is 0.743. The van der Waals surface area contributed by atoms with Gasteiger partial charge in [-0.25, -0.2) is 4.98 Å². The van der Waals surface area contributed by atoms with E-state index in [9.17, 15) is 0 Å². The van der Waals surface area contributed by atoms with Gasteiger partial charge in [0.15, 0.2) is 5.17 Å². The van der Waals surface area contributed by atoms with Crippen molar-refractivity contribution < 1.29 is 0 Å². The third kappa shape index (κ3) is 4.15. The van der Waals surface area contributed by atoms with Crippen LogP contribution in [0, 0.1) is 0 Å². The van der Waals surface area contributed by atoms with Gasteiger partial charge in [0.1, 0.15) is 5.82 Å². The molecule has 3 rings (SSSR count). The van der Waals surface area contributed by atoms with Gasteiger partial charge in [0.25, 0.3) is 0 Å². The molecule has 0 atom stereocenters. The molecule has 0 fully saturated rings. The molecule has 0 aliphatic carbocycles. The fourth-order valence-corrected chi connectivity index (χ4v) is 3.90. The van der Waals surface area contributed by atoms with Crippen LogP contribution >= 0.6 is 39.5 Å². The van der Waals surface area contributed by atoms with Crippen LogP contribution in [-0.4, -0.2) is 16.7 Å². The highest BCUT2D eigenvalue weighted by Gasteiger charge is 2.11. The lowest BCUT2D eigenvalue weighted by Gasteiger charge is -2.14. The number of thioether (sulfide) groups is 1. The standard InChI is InChI=1S/C16H14BrN3S2/c1-11-8-19-16(21-10-11)20-15-14(7-12(17)9-18-15)22-13-5-3-2-4-6-13/h2-7,9-10H,8H2,1H3,(H,18,19,20). The number of pyridine rings is 1. The number of aliphatic imine (C=N–C) groups is 1. The van der Waals surface area contributed by atoms with E-state index < -0.39 is 0 Å². The number of halogens is 1. The molecule has 1 aromatic heterocycles. The van der Waals surface area contributed by atoms with Crippen molar-refractivity contribution >= 4 is 50.4 Å².